The summed E-state index contributed by atoms with van der Waals surface area (Å²) in [7, 11) is 1.76. The molecule has 1 aliphatic carbocycles. The number of pyridine rings is 2. The van der Waals surface area contributed by atoms with Gasteiger partial charge in [0.05, 0.1) is 6.54 Å². The molecule has 32 heavy (non-hydrogen) atoms. The topological polar surface area (TPSA) is 81.1 Å². The van der Waals surface area contributed by atoms with Crippen LogP contribution in [0.2, 0.25) is 0 Å². The molecular weight excluding hydrogens is 423 g/mol. The Morgan fingerprint density at radius 1 is 1.19 bits per heavy atom. The molecule has 0 atom stereocenters. The van der Waals surface area contributed by atoms with Gasteiger partial charge in [-0.2, -0.15) is 13.2 Å². The highest BCUT2D eigenvalue weighted by Crippen LogP contribution is 2.31. The van der Waals surface area contributed by atoms with E-state index >= 15 is 0 Å². The van der Waals surface area contributed by atoms with Crippen molar-refractivity contribution in [2.75, 3.05) is 18.5 Å². The minimum absolute atomic E-state index is 0.0351. The van der Waals surface area contributed by atoms with Gasteiger partial charge in [-0.1, -0.05) is 6.07 Å². The third-order valence-electron chi connectivity index (χ3n) is 5.06. The average Bonchev–Trinajstić information content (AvgIpc) is 3.23. The van der Waals surface area contributed by atoms with Crippen LogP contribution in [0.3, 0.4) is 0 Å². The predicted molar refractivity (Wildman–Crippen MR) is 110 cm³/mol. The van der Waals surface area contributed by atoms with Gasteiger partial charge in [0.15, 0.2) is 11.6 Å². The van der Waals surface area contributed by atoms with Gasteiger partial charge in [0.2, 0.25) is 5.95 Å². The first kappa shape index (κ1) is 21.7. The molecule has 0 spiro atoms. The fourth-order valence-electron chi connectivity index (χ4n) is 3.69. The first-order valence-corrected chi connectivity index (χ1v) is 10.0. The van der Waals surface area contributed by atoms with E-state index in [4.69, 9.17) is 0 Å². The van der Waals surface area contributed by atoms with Crippen LogP contribution in [0.15, 0.2) is 36.7 Å². The van der Waals surface area contributed by atoms with Gasteiger partial charge in [-0.3, -0.25) is 9.78 Å². The van der Waals surface area contributed by atoms with Crippen LogP contribution in [-0.2, 0) is 24.1 Å². The molecule has 0 amide bonds. The molecule has 10 heteroatoms. The largest absolute Gasteiger partial charge is 0.435 e. The molecule has 3 aromatic rings. The number of carbonyl (C=O) groups is 1. The molecule has 0 bridgehead atoms. The standard InChI is InChI=1S/C22H20F3N5O2/c1-30(12-14(31)9-13-5-6-19(23)27-11-13)21-16-3-2-4-17(16)28-20(29-21)18-10-15(7-8-26-18)32-22(24)25/h5-8,10-11,22H,2-4,9,12H2,1H3. The number of hydrogen-bond acceptors (Lipinski definition) is 7. The van der Waals surface area contributed by atoms with Gasteiger partial charge in [-0.25, -0.2) is 15.0 Å². The van der Waals surface area contributed by atoms with E-state index in [1.807, 2.05) is 0 Å². The maximum absolute atomic E-state index is 13.0. The summed E-state index contributed by atoms with van der Waals surface area (Å²) in [5.74, 6) is 0.168. The van der Waals surface area contributed by atoms with E-state index in [9.17, 15) is 18.0 Å². The van der Waals surface area contributed by atoms with Crippen LogP contribution in [0, 0.1) is 5.95 Å². The van der Waals surface area contributed by atoms with Gasteiger partial charge in [0.25, 0.3) is 0 Å². The quantitative estimate of drug-likeness (QED) is 0.494. The van der Waals surface area contributed by atoms with Crippen molar-refractivity contribution in [3.63, 3.8) is 0 Å². The molecule has 166 valence electrons. The molecular formula is C22H20F3N5O2. The third-order valence-corrected chi connectivity index (χ3v) is 5.06. The van der Waals surface area contributed by atoms with Gasteiger partial charge in [-0.15, -0.1) is 0 Å². The van der Waals surface area contributed by atoms with Gasteiger partial charge < -0.3 is 9.64 Å². The molecule has 0 N–H and O–H groups in total. The first-order valence-electron chi connectivity index (χ1n) is 10.0. The number of likely N-dealkylation sites (N-methyl/N-ethyl adjacent to an activating group) is 1. The van der Waals surface area contributed by atoms with E-state index in [0.29, 0.717) is 17.1 Å². The van der Waals surface area contributed by atoms with Crippen molar-refractivity contribution in [2.45, 2.75) is 32.3 Å². The summed E-state index contributed by atoms with van der Waals surface area (Å²) in [5, 5.41) is 0. The Morgan fingerprint density at radius 3 is 2.78 bits per heavy atom. The van der Waals surface area contributed by atoms with E-state index < -0.39 is 12.6 Å². The lowest BCUT2D eigenvalue weighted by molar-refractivity contribution is -0.117. The molecule has 0 aliphatic heterocycles. The van der Waals surface area contributed by atoms with Crippen molar-refractivity contribution >= 4 is 11.6 Å². The highest BCUT2D eigenvalue weighted by molar-refractivity contribution is 5.85. The number of nitrogens with zero attached hydrogens (tertiary/aromatic N) is 5. The van der Waals surface area contributed by atoms with E-state index in [0.717, 1.165) is 30.5 Å². The summed E-state index contributed by atoms with van der Waals surface area (Å²) in [6.07, 6.45) is 5.26. The van der Waals surface area contributed by atoms with Crippen molar-refractivity contribution < 1.29 is 22.7 Å². The number of aryl methyl sites for hydroxylation is 1. The number of Topliss-reactive ketones (excluding diaryl/α,β-unsaturated/α-hetero) is 1. The Hall–Kier alpha value is -3.56. The highest BCUT2D eigenvalue weighted by Gasteiger charge is 2.23. The molecule has 3 aromatic heterocycles. The number of fused-ring (bicyclic) bond motifs is 1. The Kier molecular flexibility index (Phi) is 6.29. The predicted octanol–water partition coefficient (Wildman–Crippen LogP) is 3.41. The van der Waals surface area contributed by atoms with E-state index in [2.05, 4.69) is 24.7 Å². The maximum atomic E-state index is 13.0. The second kappa shape index (κ2) is 9.29. The Morgan fingerprint density at radius 2 is 2.03 bits per heavy atom. The van der Waals surface area contributed by atoms with Gasteiger partial charge in [0, 0.05) is 43.2 Å². The van der Waals surface area contributed by atoms with Crippen LogP contribution in [0.1, 0.15) is 23.2 Å². The van der Waals surface area contributed by atoms with Gasteiger partial charge >= 0.3 is 6.61 Å². The SMILES string of the molecule is CN(CC(=O)Cc1ccc(F)nc1)c1nc(-c2cc(OC(F)F)ccn2)nc2c1CCC2. The molecule has 0 saturated carbocycles. The van der Waals surface area contributed by atoms with Gasteiger partial charge in [0.1, 0.15) is 17.3 Å². The second-order valence-electron chi connectivity index (χ2n) is 7.47. The van der Waals surface area contributed by atoms with Crippen LogP contribution in [0.4, 0.5) is 19.0 Å². The van der Waals surface area contributed by atoms with Crippen molar-refractivity contribution in [1.29, 1.82) is 0 Å². The summed E-state index contributed by atoms with van der Waals surface area (Å²) in [6, 6.07) is 5.44. The molecule has 0 fully saturated rings. The fraction of sp³-hybridized carbons (Fsp3) is 0.318. The Balaban J connectivity index is 1.57. The Bertz CT molecular complexity index is 1130. The molecule has 0 unspecified atom stereocenters. The molecule has 3 heterocycles. The monoisotopic (exact) mass is 443 g/mol. The van der Waals surface area contributed by atoms with Gasteiger partial charge in [-0.05, 0) is 37.0 Å². The summed E-state index contributed by atoms with van der Waals surface area (Å²) in [4.78, 5) is 31.3. The van der Waals surface area contributed by atoms with Crippen molar-refractivity contribution in [2.24, 2.45) is 0 Å². The summed E-state index contributed by atoms with van der Waals surface area (Å²) < 4.78 is 42.6. The van der Waals surface area contributed by atoms with Crippen LogP contribution in [0.25, 0.3) is 11.5 Å². The zero-order valence-electron chi connectivity index (χ0n) is 17.3. The van der Waals surface area contributed by atoms with E-state index in [1.165, 1.54) is 36.7 Å². The number of alkyl halides is 2. The molecule has 1 aliphatic rings. The van der Waals surface area contributed by atoms with E-state index in [1.54, 1.807) is 11.9 Å². The van der Waals surface area contributed by atoms with Crippen LogP contribution in [0.5, 0.6) is 5.75 Å². The molecule has 4 rings (SSSR count). The zero-order valence-corrected chi connectivity index (χ0v) is 17.3. The van der Waals surface area contributed by atoms with Crippen LogP contribution >= 0.6 is 0 Å². The molecule has 0 saturated heterocycles. The van der Waals surface area contributed by atoms with Crippen molar-refractivity contribution in [3.05, 3.63) is 59.4 Å². The smallest absolute Gasteiger partial charge is 0.387 e. The molecule has 0 radical (unpaired) electrons. The maximum Gasteiger partial charge on any atom is 0.387 e. The summed E-state index contributed by atoms with van der Waals surface area (Å²) in [5.41, 5.74) is 2.75. The number of anilines is 1. The van der Waals surface area contributed by atoms with Crippen LogP contribution in [-0.4, -0.2) is 45.9 Å². The lowest BCUT2D eigenvalue weighted by Gasteiger charge is -2.21. The van der Waals surface area contributed by atoms with E-state index in [-0.39, 0.29) is 30.3 Å². The minimum atomic E-state index is -2.95. The lowest BCUT2D eigenvalue weighted by Crippen LogP contribution is -2.28. The number of ether oxygens (including phenoxy) is 1. The Labute approximate surface area is 182 Å². The fourth-order valence-corrected chi connectivity index (χ4v) is 3.69. The number of ketones is 1. The number of rotatable bonds is 8. The highest BCUT2D eigenvalue weighted by atomic mass is 19.3. The summed E-state index contributed by atoms with van der Waals surface area (Å²) in [6.45, 7) is -2.86. The minimum Gasteiger partial charge on any atom is -0.435 e. The number of aromatic nitrogens is 4. The van der Waals surface area contributed by atoms with Crippen LogP contribution < -0.4 is 9.64 Å². The summed E-state index contributed by atoms with van der Waals surface area (Å²) >= 11 is 0. The van der Waals surface area contributed by atoms with Crippen molar-refractivity contribution in [1.82, 2.24) is 19.9 Å². The average molecular weight is 443 g/mol. The molecule has 0 aromatic carbocycles. The number of hydrogen-bond donors (Lipinski definition) is 0. The van der Waals surface area contributed by atoms with Crippen molar-refractivity contribution in [3.8, 4) is 17.3 Å². The second-order valence-corrected chi connectivity index (χ2v) is 7.47. The first-order chi connectivity index (χ1) is 15.4. The molecule has 7 nitrogen and oxygen atoms in total. The number of carbonyl (C=O) groups excluding carboxylic acids is 1. The normalized spacial score (nSPS) is 12.7. The lowest BCUT2D eigenvalue weighted by atomic mass is 10.1. The third kappa shape index (κ3) is 5.01. The number of halogens is 3. The zero-order chi connectivity index (χ0) is 22.7.